The van der Waals surface area contributed by atoms with Crippen LogP contribution in [0.15, 0.2) is 41.7 Å². The summed E-state index contributed by atoms with van der Waals surface area (Å²) in [7, 11) is 1.77. The molecule has 10 heteroatoms. The van der Waals surface area contributed by atoms with E-state index in [1.165, 1.54) is 6.20 Å². The van der Waals surface area contributed by atoms with Crippen molar-refractivity contribution >= 4 is 23.4 Å². The van der Waals surface area contributed by atoms with Crippen LogP contribution in [0.4, 0.5) is 18.9 Å². The quantitative estimate of drug-likeness (QED) is 0.604. The van der Waals surface area contributed by atoms with Crippen molar-refractivity contribution in [3.05, 3.63) is 47.9 Å². The summed E-state index contributed by atoms with van der Waals surface area (Å²) < 4.78 is 42.1. The van der Waals surface area contributed by atoms with E-state index in [1.807, 2.05) is 6.92 Å². The van der Waals surface area contributed by atoms with Gasteiger partial charge in [0, 0.05) is 7.05 Å². The van der Waals surface area contributed by atoms with Crippen LogP contribution in [-0.2, 0) is 18.4 Å². The second kappa shape index (κ2) is 8.32. The smallest absolute Gasteiger partial charge is 0.322 e. The minimum atomic E-state index is -4.41. The van der Waals surface area contributed by atoms with E-state index in [-0.39, 0.29) is 16.8 Å². The van der Waals surface area contributed by atoms with Gasteiger partial charge in [0.15, 0.2) is 5.16 Å². The van der Waals surface area contributed by atoms with Gasteiger partial charge in [-0.2, -0.15) is 18.3 Å². The number of carbonyl (C=O) groups is 1. The highest BCUT2D eigenvalue weighted by atomic mass is 32.2. The van der Waals surface area contributed by atoms with E-state index in [0.717, 1.165) is 22.0 Å². The molecule has 1 amide bonds. The Hall–Kier alpha value is -2.75. The molecule has 0 aliphatic rings. The second-order valence-corrected chi connectivity index (χ2v) is 7.44. The lowest BCUT2D eigenvalue weighted by atomic mass is 10.2. The molecule has 0 aliphatic carbocycles. The van der Waals surface area contributed by atoms with E-state index >= 15 is 0 Å². The Balaban J connectivity index is 1.78. The number of aromatic nitrogens is 4. The summed E-state index contributed by atoms with van der Waals surface area (Å²) in [6, 6.07) is 8.73. The monoisotopic (exact) mass is 423 g/mol. The predicted octanol–water partition coefficient (Wildman–Crippen LogP) is 4.19. The molecule has 3 aromatic rings. The zero-order valence-electron chi connectivity index (χ0n) is 16.1. The lowest BCUT2D eigenvalue weighted by molar-refractivity contribution is -0.141. The Morgan fingerprint density at radius 3 is 2.48 bits per heavy atom. The number of thioether (sulfide) groups is 1. The summed E-state index contributed by atoms with van der Waals surface area (Å²) >= 11 is 0.962. The van der Waals surface area contributed by atoms with Gasteiger partial charge in [-0.15, -0.1) is 0 Å². The van der Waals surface area contributed by atoms with Crippen LogP contribution < -0.4 is 5.32 Å². The summed E-state index contributed by atoms with van der Waals surface area (Å²) in [6.07, 6.45) is -3.01. The fraction of sp³-hybridized carbons (Fsp3) is 0.316. The third kappa shape index (κ3) is 5.00. The number of benzene rings is 1. The first kappa shape index (κ1) is 21.0. The van der Waals surface area contributed by atoms with Crippen LogP contribution >= 0.6 is 11.8 Å². The summed E-state index contributed by atoms with van der Waals surface area (Å²) in [5.41, 5.74) is 3.06. The van der Waals surface area contributed by atoms with Crippen LogP contribution in [0.2, 0.25) is 0 Å². The number of imidazole rings is 1. The summed E-state index contributed by atoms with van der Waals surface area (Å²) in [6.45, 7) is 2.42. The van der Waals surface area contributed by atoms with Crippen molar-refractivity contribution in [2.24, 2.45) is 7.05 Å². The minimum absolute atomic E-state index is 0.0725. The molecule has 6 nitrogen and oxygen atoms in total. The second-order valence-electron chi connectivity index (χ2n) is 6.50. The average molecular weight is 423 g/mol. The zero-order chi connectivity index (χ0) is 21.2. The van der Waals surface area contributed by atoms with Crippen LogP contribution in [0, 0.1) is 13.8 Å². The maximum absolute atomic E-state index is 13.1. The molecular weight excluding hydrogens is 403 g/mol. The predicted molar refractivity (Wildman–Crippen MR) is 106 cm³/mol. The molecule has 0 aliphatic heterocycles. The lowest BCUT2D eigenvalue weighted by Gasteiger charge is -2.14. The normalized spacial score (nSPS) is 11.7. The third-order valence-electron chi connectivity index (χ3n) is 4.33. The molecular formula is C19H20F3N5OS. The van der Waals surface area contributed by atoms with Crippen LogP contribution in [0.25, 0.3) is 11.3 Å². The van der Waals surface area contributed by atoms with Gasteiger partial charge in [0.2, 0.25) is 5.91 Å². The number of anilines is 1. The maximum Gasteiger partial charge on any atom is 0.406 e. The molecule has 0 saturated carbocycles. The van der Waals surface area contributed by atoms with Crippen LogP contribution in [-0.4, -0.2) is 37.2 Å². The Labute approximate surface area is 170 Å². The molecule has 0 unspecified atom stereocenters. The van der Waals surface area contributed by atoms with Crippen molar-refractivity contribution in [3.63, 3.8) is 0 Å². The van der Waals surface area contributed by atoms with Gasteiger partial charge >= 0.3 is 6.18 Å². The first-order valence-corrected chi connectivity index (χ1v) is 9.75. The van der Waals surface area contributed by atoms with Gasteiger partial charge in [-0.1, -0.05) is 42.1 Å². The molecule has 0 spiro atoms. The molecule has 2 heterocycles. The first-order valence-electron chi connectivity index (χ1n) is 8.76. The van der Waals surface area contributed by atoms with E-state index in [9.17, 15) is 18.0 Å². The summed E-state index contributed by atoms with van der Waals surface area (Å²) in [4.78, 5) is 16.5. The molecule has 1 aromatic carbocycles. The molecule has 0 saturated heterocycles. The summed E-state index contributed by atoms with van der Waals surface area (Å²) in [5.74, 6) is -0.409. The van der Waals surface area contributed by atoms with Crippen molar-refractivity contribution in [1.82, 2.24) is 19.3 Å². The topological polar surface area (TPSA) is 64.7 Å². The highest BCUT2D eigenvalue weighted by molar-refractivity contribution is 7.99. The molecule has 0 bridgehead atoms. The van der Waals surface area contributed by atoms with Gasteiger partial charge in [0.25, 0.3) is 0 Å². The molecule has 1 N–H and O–H groups in total. The molecule has 3 rings (SSSR count). The van der Waals surface area contributed by atoms with Crippen molar-refractivity contribution in [1.29, 1.82) is 0 Å². The van der Waals surface area contributed by atoms with E-state index in [0.29, 0.717) is 22.6 Å². The lowest BCUT2D eigenvalue weighted by Crippen LogP contribution is -2.20. The van der Waals surface area contributed by atoms with Gasteiger partial charge < -0.3 is 9.88 Å². The highest BCUT2D eigenvalue weighted by Gasteiger charge is 2.31. The molecule has 0 fully saturated rings. The highest BCUT2D eigenvalue weighted by Crippen LogP contribution is 2.30. The number of nitrogens with one attached hydrogen (secondary N) is 1. The number of nitrogens with zero attached hydrogens (tertiary/aromatic N) is 4. The molecule has 154 valence electrons. The zero-order valence-corrected chi connectivity index (χ0v) is 16.9. The van der Waals surface area contributed by atoms with Gasteiger partial charge in [-0.05, 0) is 19.4 Å². The number of aryl methyl sites for hydroxylation is 2. The molecule has 0 atom stereocenters. The number of rotatable bonds is 6. The number of carbonyl (C=O) groups excluding carboxylic acids is 1. The van der Waals surface area contributed by atoms with E-state index in [2.05, 4.69) is 15.4 Å². The third-order valence-corrected chi connectivity index (χ3v) is 5.32. The fourth-order valence-electron chi connectivity index (χ4n) is 2.91. The SMILES string of the molecule is Cc1nn(C)c(C)c1NC(=O)CSc1ncc(-c2ccccc2)n1CC(F)(F)F. The van der Waals surface area contributed by atoms with Crippen molar-refractivity contribution in [2.45, 2.75) is 31.7 Å². The van der Waals surface area contributed by atoms with E-state index < -0.39 is 12.7 Å². The number of alkyl halides is 3. The molecule has 29 heavy (non-hydrogen) atoms. The Bertz CT molecular complexity index is 1010. The largest absolute Gasteiger partial charge is 0.406 e. The Morgan fingerprint density at radius 2 is 1.90 bits per heavy atom. The number of halogens is 3. The minimum Gasteiger partial charge on any atom is -0.322 e. The van der Waals surface area contributed by atoms with Crippen LogP contribution in [0.5, 0.6) is 0 Å². The number of hydrogen-bond donors (Lipinski definition) is 1. The Morgan fingerprint density at radius 1 is 1.21 bits per heavy atom. The maximum atomic E-state index is 13.1. The van der Waals surface area contributed by atoms with Gasteiger partial charge in [-0.25, -0.2) is 4.98 Å². The Kier molecular flexibility index (Phi) is 6.02. The fourth-order valence-corrected chi connectivity index (χ4v) is 3.68. The van der Waals surface area contributed by atoms with Gasteiger partial charge in [0.1, 0.15) is 6.54 Å². The van der Waals surface area contributed by atoms with E-state index in [1.54, 1.807) is 49.0 Å². The standard InChI is InChI=1S/C19H20F3N5OS/c1-12-17(13(2)26(3)25-12)24-16(28)10-29-18-23-9-15(14-7-5-4-6-8-14)27(18)11-19(20,21)22/h4-9H,10-11H2,1-3H3,(H,24,28). The molecule has 0 radical (unpaired) electrons. The van der Waals surface area contributed by atoms with Gasteiger partial charge in [-0.3, -0.25) is 9.48 Å². The van der Waals surface area contributed by atoms with Gasteiger partial charge in [0.05, 0.1) is 34.7 Å². The first-order chi connectivity index (χ1) is 13.7. The van der Waals surface area contributed by atoms with Crippen molar-refractivity contribution in [3.8, 4) is 11.3 Å². The summed E-state index contributed by atoms with van der Waals surface area (Å²) in [5, 5.41) is 7.14. The van der Waals surface area contributed by atoms with Crippen molar-refractivity contribution in [2.75, 3.05) is 11.1 Å². The van der Waals surface area contributed by atoms with Crippen molar-refractivity contribution < 1.29 is 18.0 Å². The van der Waals surface area contributed by atoms with Crippen LogP contribution in [0.1, 0.15) is 11.4 Å². The molecule has 2 aromatic heterocycles. The average Bonchev–Trinajstić information content (AvgIpc) is 3.15. The van der Waals surface area contributed by atoms with E-state index in [4.69, 9.17) is 0 Å². The number of hydrogen-bond acceptors (Lipinski definition) is 4. The number of amides is 1. The van der Waals surface area contributed by atoms with Crippen LogP contribution in [0.3, 0.4) is 0 Å².